The normalized spacial score (nSPS) is 12.0. The lowest BCUT2D eigenvalue weighted by atomic mass is 10.0. The molecular weight excluding hydrogens is 356 g/mol. The molecule has 5 nitrogen and oxygen atoms in total. The van der Waals surface area contributed by atoms with E-state index in [4.69, 9.17) is 0 Å². The molecule has 1 atom stereocenters. The standard InChI is InChI=1S/C21H24N4OS/c1-13-5-8-17(9-6-13)20-23-21(25-24-20)27-12-19(26)22-16(4)18-10-7-14(2)15(3)11-18/h5-11,16H,12H2,1-4H3,(H,22,26)(H,23,24,25)/t16-/m1/s1. The van der Waals surface area contributed by atoms with Crippen molar-refractivity contribution in [2.75, 3.05) is 5.75 Å². The Bertz CT molecular complexity index is 934. The number of thioether (sulfide) groups is 1. The van der Waals surface area contributed by atoms with Gasteiger partial charge in [0.2, 0.25) is 11.1 Å². The number of nitrogens with zero attached hydrogens (tertiary/aromatic N) is 2. The second-order valence-electron chi connectivity index (χ2n) is 6.75. The highest BCUT2D eigenvalue weighted by Gasteiger charge is 2.12. The molecule has 0 saturated carbocycles. The van der Waals surface area contributed by atoms with E-state index in [1.54, 1.807) is 0 Å². The molecule has 0 radical (unpaired) electrons. The predicted molar refractivity (Wildman–Crippen MR) is 110 cm³/mol. The molecule has 0 aliphatic rings. The Morgan fingerprint density at radius 1 is 1.11 bits per heavy atom. The monoisotopic (exact) mass is 380 g/mol. The first-order chi connectivity index (χ1) is 12.9. The lowest BCUT2D eigenvalue weighted by Gasteiger charge is -2.15. The largest absolute Gasteiger partial charge is 0.349 e. The molecule has 0 aliphatic carbocycles. The van der Waals surface area contributed by atoms with Gasteiger partial charge in [0.05, 0.1) is 11.8 Å². The van der Waals surface area contributed by atoms with Crippen LogP contribution in [0.1, 0.15) is 35.2 Å². The van der Waals surface area contributed by atoms with E-state index >= 15 is 0 Å². The van der Waals surface area contributed by atoms with Gasteiger partial charge in [-0.2, -0.15) is 0 Å². The van der Waals surface area contributed by atoms with Crippen molar-refractivity contribution in [3.63, 3.8) is 0 Å². The number of carbonyl (C=O) groups is 1. The highest BCUT2D eigenvalue weighted by molar-refractivity contribution is 7.99. The van der Waals surface area contributed by atoms with E-state index < -0.39 is 0 Å². The van der Waals surface area contributed by atoms with Gasteiger partial charge in [0.15, 0.2) is 5.82 Å². The summed E-state index contributed by atoms with van der Waals surface area (Å²) in [7, 11) is 0. The van der Waals surface area contributed by atoms with Gasteiger partial charge in [0.1, 0.15) is 0 Å². The van der Waals surface area contributed by atoms with Gasteiger partial charge < -0.3 is 5.32 Å². The molecular formula is C21H24N4OS. The van der Waals surface area contributed by atoms with Crippen LogP contribution in [0.5, 0.6) is 0 Å². The van der Waals surface area contributed by atoms with Gasteiger partial charge in [0, 0.05) is 5.56 Å². The van der Waals surface area contributed by atoms with Crippen molar-refractivity contribution in [2.24, 2.45) is 0 Å². The summed E-state index contributed by atoms with van der Waals surface area (Å²) in [4.78, 5) is 16.7. The van der Waals surface area contributed by atoms with Gasteiger partial charge in [0.25, 0.3) is 0 Å². The minimum atomic E-state index is -0.0348. The smallest absolute Gasteiger partial charge is 0.230 e. The van der Waals surface area contributed by atoms with E-state index in [2.05, 4.69) is 52.5 Å². The third-order valence-corrected chi connectivity index (χ3v) is 5.38. The van der Waals surface area contributed by atoms with Crippen molar-refractivity contribution >= 4 is 17.7 Å². The highest BCUT2D eigenvalue weighted by Crippen LogP contribution is 2.20. The maximum Gasteiger partial charge on any atom is 0.230 e. The van der Waals surface area contributed by atoms with E-state index in [1.165, 1.54) is 28.5 Å². The van der Waals surface area contributed by atoms with Gasteiger partial charge in [-0.05, 0) is 44.4 Å². The minimum Gasteiger partial charge on any atom is -0.349 e. The van der Waals surface area contributed by atoms with E-state index in [0.29, 0.717) is 11.0 Å². The zero-order chi connectivity index (χ0) is 19.4. The molecule has 0 bridgehead atoms. The average Bonchev–Trinajstić information content (AvgIpc) is 3.12. The summed E-state index contributed by atoms with van der Waals surface area (Å²) in [5.41, 5.74) is 5.76. The zero-order valence-electron chi connectivity index (χ0n) is 16.0. The fourth-order valence-electron chi connectivity index (χ4n) is 2.68. The van der Waals surface area contributed by atoms with Gasteiger partial charge in [-0.15, -0.1) is 5.10 Å². The molecule has 1 aromatic heterocycles. The first-order valence-corrected chi connectivity index (χ1v) is 9.89. The van der Waals surface area contributed by atoms with Crippen molar-refractivity contribution in [1.82, 2.24) is 20.5 Å². The number of nitrogens with one attached hydrogen (secondary N) is 2. The first kappa shape index (κ1) is 19.2. The molecule has 0 unspecified atom stereocenters. The molecule has 1 heterocycles. The molecule has 0 spiro atoms. The first-order valence-electron chi connectivity index (χ1n) is 8.91. The molecule has 0 fully saturated rings. The fraction of sp³-hybridized carbons (Fsp3) is 0.286. The third-order valence-electron chi connectivity index (χ3n) is 4.53. The van der Waals surface area contributed by atoms with Crippen LogP contribution in [0.4, 0.5) is 0 Å². The van der Waals surface area contributed by atoms with Crippen LogP contribution >= 0.6 is 11.8 Å². The summed E-state index contributed by atoms with van der Waals surface area (Å²) in [6.45, 7) is 8.21. The van der Waals surface area contributed by atoms with Crippen LogP contribution in [0, 0.1) is 20.8 Å². The molecule has 2 N–H and O–H groups in total. The second kappa shape index (κ2) is 8.39. The van der Waals surface area contributed by atoms with E-state index in [1.807, 2.05) is 38.1 Å². The van der Waals surface area contributed by atoms with Crippen LogP contribution in [-0.4, -0.2) is 26.8 Å². The van der Waals surface area contributed by atoms with Crippen LogP contribution in [0.3, 0.4) is 0 Å². The molecule has 1 amide bonds. The summed E-state index contributed by atoms with van der Waals surface area (Å²) in [6, 6.07) is 14.3. The molecule has 140 valence electrons. The second-order valence-corrected chi connectivity index (χ2v) is 7.70. The number of carbonyl (C=O) groups excluding carboxylic acids is 1. The molecule has 3 rings (SSSR count). The quantitative estimate of drug-likeness (QED) is 0.623. The summed E-state index contributed by atoms with van der Waals surface area (Å²) < 4.78 is 0. The van der Waals surface area contributed by atoms with Crippen LogP contribution in [0.15, 0.2) is 47.6 Å². The maximum absolute atomic E-state index is 12.3. The predicted octanol–water partition coefficient (Wildman–Crippen LogP) is 4.37. The Kier molecular flexibility index (Phi) is 5.96. The van der Waals surface area contributed by atoms with Gasteiger partial charge >= 0.3 is 0 Å². The number of rotatable bonds is 6. The molecule has 3 aromatic rings. The lowest BCUT2D eigenvalue weighted by molar-refractivity contribution is -0.119. The number of amides is 1. The average molecular weight is 381 g/mol. The van der Waals surface area contributed by atoms with Crippen molar-refractivity contribution in [3.05, 3.63) is 64.7 Å². The Morgan fingerprint density at radius 3 is 2.56 bits per heavy atom. The fourth-order valence-corrected chi connectivity index (χ4v) is 3.29. The SMILES string of the molecule is Cc1ccc(-c2nc(SCC(=O)N[C@H](C)c3ccc(C)c(C)c3)n[nH]2)cc1. The van der Waals surface area contributed by atoms with E-state index in [9.17, 15) is 4.79 Å². The maximum atomic E-state index is 12.3. The van der Waals surface area contributed by atoms with E-state index in [0.717, 1.165) is 11.1 Å². The van der Waals surface area contributed by atoms with Gasteiger partial charge in [-0.3, -0.25) is 9.89 Å². The van der Waals surface area contributed by atoms with Crippen LogP contribution < -0.4 is 5.32 Å². The number of aromatic amines is 1. The number of aryl methyl sites for hydroxylation is 3. The molecule has 0 saturated heterocycles. The molecule has 2 aromatic carbocycles. The lowest BCUT2D eigenvalue weighted by Crippen LogP contribution is -2.28. The van der Waals surface area contributed by atoms with Crippen LogP contribution in [0.2, 0.25) is 0 Å². The Morgan fingerprint density at radius 2 is 1.85 bits per heavy atom. The number of benzene rings is 2. The van der Waals surface area contributed by atoms with E-state index in [-0.39, 0.29) is 17.7 Å². The Labute approximate surface area is 164 Å². The number of hydrogen-bond donors (Lipinski definition) is 2. The third kappa shape index (κ3) is 4.98. The van der Waals surface area contributed by atoms with Gasteiger partial charge in [-0.1, -0.05) is 59.8 Å². The molecule has 0 aliphatic heterocycles. The summed E-state index contributed by atoms with van der Waals surface area (Å²) in [6.07, 6.45) is 0. The Hall–Kier alpha value is -2.60. The summed E-state index contributed by atoms with van der Waals surface area (Å²) >= 11 is 1.32. The van der Waals surface area contributed by atoms with Crippen LogP contribution in [0.25, 0.3) is 11.4 Å². The van der Waals surface area contributed by atoms with Gasteiger partial charge in [-0.25, -0.2) is 4.98 Å². The van der Waals surface area contributed by atoms with Crippen LogP contribution in [-0.2, 0) is 4.79 Å². The van der Waals surface area contributed by atoms with Crippen molar-refractivity contribution in [2.45, 2.75) is 38.9 Å². The zero-order valence-corrected chi connectivity index (χ0v) is 16.9. The van der Waals surface area contributed by atoms with Crippen molar-refractivity contribution < 1.29 is 4.79 Å². The summed E-state index contributed by atoms with van der Waals surface area (Å²) in [5, 5.41) is 10.7. The van der Waals surface area contributed by atoms with Crippen molar-refractivity contribution in [3.8, 4) is 11.4 Å². The molecule has 27 heavy (non-hydrogen) atoms. The highest BCUT2D eigenvalue weighted by atomic mass is 32.2. The van der Waals surface area contributed by atoms with Crippen molar-refractivity contribution in [1.29, 1.82) is 0 Å². The number of hydrogen-bond acceptors (Lipinski definition) is 4. The number of aromatic nitrogens is 3. The summed E-state index contributed by atoms with van der Waals surface area (Å²) in [5.74, 6) is 0.953. The number of H-pyrrole nitrogens is 1. The Balaban J connectivity index is 1.54. The molecule has 6 heteroatoms. The minimum absolute atomic E-state index is 0.0346. The topological polar surface area (TPSA) is 70.7 Å².